The Labute approximate surface area is 257 Å². The van der Waals surface area contributed by atoms with Crippen molar-refractivity contribution in [2.75, 3.05) is 13.2 Å². The van der Waals surface area contributed by atoms with E-state index in [1.54, 1.807) is 12.1 Å². The molecule has 2 aliphatic carbocycles. The molecule has 8 heteroatoms. The number of fused-ring (bicyclic) bond motifs is 5. The van der Waals surface area contributed by atoms with Gasteiger partial charge in [0.15, 0.2) is 6.29 Å². The lowest BCUT2D eigenvalue weighted by molar-refractivity contribution is -0.314. The van der Waals surface area contributed by atoms with Crippen LogP contribution in [-0.4, -0.2) is 46.8 Å². The van der Waals surface area contributed by atoms with Crippen LogP contribution in [0.3, 0.4) is 0 Å². The van der Waals surface area contributed by atoms with Gasteiger partial charge in [0.25, 0.3) is 0 Å². The number of benzene rings is 2. The van der Waals surface area contributed by atoms with Gasteiger partial charge in [-0.15, -0.1) is 0 Å². The van der Waals surface area contributed by atoms with Gasteiger partial charge in [0.2, 0.25) is 0 Å². The molecule has 8 rings (SSSR count). The molecular formula is C36H39FN2O5. The lowest BCUT2D eigenvalue weighted by atomic mass is 9.44. The predicted octanol–water partition coefficient (Wildman–Crippen LogP) is 6.96. The van der Waals surface area contributed by atoms with Gasteiger partial charge in [0.1, 0.15) is 18.1 Å². The maximum Gasteiger partial charge on any atom is 0.336 e. The minimum Gasteiger partial charge on any atom is -0.458 e. The smallest absolute Gasteiger partial charge is 0.336 e. The van der Waals surface area contributed by atoms with Crippen molar-refractivity contribution in [1.29, 1.82) is 0 Å². The van der Waals surface area contributed by atoms with Gasteiger partial charge in [-0.25, -0.2) is 13.9 Å². The fraction of sp³-hybridized carbons (Fsp3) is 0.500. The van der Waals surface area contributed by atoms with Crippen molar-refractivity contribution >= 4 is 5.97 Å². The number of hydrogen-bond acceptors (Lipinski definition) is 6. The Kier molecular flexibility index (Phi) is 6.46. The first-order valence-corrected chi connectivity index (χ1v) is 15.9. The number of esters is 1. The molecule has 3 aliphatic heterocycles. The molecule has 4 fully saturated rings. The fourth-order valence-electron chi connectivity index (χ4n) is 9.51. The van der Waals surface area contributed by atoms with Crippen molar-refractivity contribution in [3.63, 3.8) is 0 Å². The van der Waals surface area contributed by atoms with Gasteiger partial charge >= 0.3 is 5.97 Å². The summed E-state index contributed by atoms with van der Waals surface area (Å²) < 4.78 is 41.2. The molecule has 0 amide bonds. The van der Waals surface area contributed by atoms with Crippen LogP contribution < -0.4 is 0 Å². The highest BCUT2D eigenvalue weighted by atomic mass is 19.1. The summed E-state index contributed by atoms with van der Waals surface area (Å²) in [7, 11) is 0. The molecule has 0 N–H and O–H groups in total. The van der Waals surface area contributed by atoms with E-state index in [1.807, 2.05) is 47.3 Å². The summed E-state index contributed by atoms with van der Waals surface area (Å²) >= 11 is 0. The molecule has 2 aromatic carbocycles. The molecule has 5 aliphatic rings. The molecule has 4 heterocycles. The topological polar surface area (TPSA) is 71.8 Å². The first-order chi connectivity index (χ1) is 21.2. The van der Waals surface area contributed by atoms with E-state index in [0.717, 1.165) is 54.6 Å². The van der Waals surface area contributed by atoms with Crippen LogP contribution in [0.25, 0.3) is 16.9 Å². The second-order valence-electron chi connectivity index (χ2n) is 14.1. The van der Waals surface area contributed by atoms with Gasteiger partial charge in [-0.2, -0.15) is 5.10 Å². The van der Waals surface area contributed by atoms with Crippen LogP contribution in [-0.2, 0) is 23.7 Å². The van der Waals surface area contributed by atoms with Gasteiger partial charge in [0.05, 0.1) is 41.2 Å². The number of cyclic esters (lactones) is 1. The number of aromatic nitrogens is 2. The second-order valence-corrected chi connectivity index (χ2v) is 14.1. The molecule has 230 valence electrons. The Hall–Kier alpha value is -3.33. The third kappa shape index (κ3) is 4.25. The van der Waals surface area contributed by atoms with Gasteiger partial charge in [-0.3, -0.25) is 0 Å². The van der Waals surface area contributed by atoms with Gasteiger partial charge in [0, 0.05) is 17.2 Å². The zero-order chi connectivity index (χ0) is 30.3. The minimum absolute atomic E-state index is 0.0236. The zero-order valence-electron chi connectivity index (χ0n) is 25.5. The molecule has 1 aromatic heterocycles. The summed E-state index contributed by atoms with van der Waals surface area (Å²) in [6.07, 6.45) is 7.89. The summed E-state index contributed by atoms with van der Waals surface area (Å²) in [6.45, 7) is 7.96. The average Bonchev–Trinajstić information content (AvgIpc) is 3.75. The molecule has 2 saturated heterocycles. The lowest BCUT2D eigenvalue weighted by Crippen LogP contribution is -2.63. The third-order valence-electron chi connectivity index (χ3n) is 11.7. The highest BCUT2D eigenvalue weighted by molar-refractivity contribution is 5.91. The van der Waals surface area contributed by atoms with Crippen molar-refractivity contribution in [1.82, 2.24) is 9.78 Å². The molecular weight excluding hydrogens is 559 g/mol. The highest BCUT2D eigenvalue weighted by Gasteiger charge is 2.66. The molecule has 2 saturated carbocycles. The van der Waals surface area contributed by atoms with Crippen LogP contribution in [0.1, 0.15) is 64.7 Å². The van der Waals surface area contributed by atoms with E-state index in [9.17, 15) is 9.18 Å². The molecule has 0 radical (unpaired) electrons. The number of ether oxygens (including phenoxy) is 4. The van der Waals surface area contributed by atoms with E-state index in [-0.39, 0.29) is 40.4 Å². The van der Waals surface area contributed by atoms with Crippen molar-refractivity contribution < 1.29 is 28.1 Å². The number of nitrogens with zero attached hydrogens (tertiary/aromatic N) is 2. The zero-order valence-corrected chi connectivity index (χ0v) is 25.5. The Morgan fingerprint density at radius 2 is 1.75 bits per heavy atom. The summed E-state index contributed by atoms with van der Waals surface area (Å²) in [5.41, 5.74) is 3.61. The predicted molar refractivity (Wildman–Crippen MR) is 161 cm³/mol. The number of para-hydroxylation sites is 1. The van der Waals surface area contributed by atoms with Gasteiger partial charge in [-0.05, 0) is 98.8 Å². The number of carbonyl (C=O) groups is 1. The number of rotatable bonds is 4. The van der Waals surface area contributed by atoms with E-state index in [2.05, 4.69) is 20.8 Å². The first kappa shape index (κ1) is 28.2. The second kappa shape index (κ2) is 10.1. The van der Waals surface area contributed by atoms with E-state index >= 15 is 0 Å². The monoisotopic (exact) mass is 598 g/mol. The van der Waals surface area contributed by atoms with Crippen LogP contribution >= 0.6 is 0 Å². The molecule has 3 aromatic rings. The molecule has 3 unspecified atom stereocenters. The van der Waals surface area contributed by atoms with Gasteiger partial charge < -0.3 is 18.9 Å². The van der Waals surface area contributed by atoms with Gasteiger partial charge in [-0.1, -0.05) is 32.0 Å². The van der Waals surface area contributed by atoms with Crippen LogP contribution in [0.4, 0.5) is 4.39 Å². The molecule has 0 bridgehead atoms. The molecule has 0 spiro atoms. The van der Waals surface area contributed by atoms with Crippen LogP contribution in [0.5, 0.6) is 0 Å². The largest absolute Gasteiger partial charge is 0.458 e. The fourth-order valence-corrected chi connectivity index (χ4v) is 9.51. The van der Waals surface area contributed by atoms with Crippen molar-refractivity contribution in [2.24, 2.45) is 22.7 Å². The normalized spacial score (nSPS) is 38.0. The Bertz CT molecular complexity index is 1620. The van der Waals surface area contributed by atoms with Crippen LogP contribution in [0.2, 0.25) is 0 Å². The summed E-state index contributed by atoms with van der Waals surface area (Å²) in [5, 5.41) is 4.93. The first-order valence-electron chi connectivity index (χ1n) is 15.9. The lowest BCUT2D eigenvalue weighted by Gasteiger charge is -2.64. The SMILES string of the molecule is CC12CC[C@@H]3[C@]4(C)COC(c5cn(-c6ccccc6)nc5-c5ccc(F)cc5)O[C@@H]4CC[C@@]3(C)[C@@H]1CC(C1=CCOC1=O)O2. The van der Waals surface area contributed by atoms with E-state index < -0.39 is 6.29 Å². The maximum atomic E-state index is 13.8. The Morgan fingerprint density at radius 3 is 2.50 bits per heavy atom. The molecule has 44 heavy (non-hydrogen) atoms. The van der Waals surface area contributed by atoms with E-state index in [0.29, 0.717) is 30.6 Å². The molecule has 8 atom stereocenters. The number of halogens is 1. The minimum atomic E-state index is -0.580. The quantitative estimate of drug-likeness (QED) is 0.303. The van der Waals surface area contributed by atoms with Crippen molar-refractivity contribution in [2.45, 2.75) is 77.0 Å². The Balaban J connectivity index is 1.08. The van der Waals surface area contributed by atoms with E-state index in [4.69, 9.17) is 24.0 Å². The Morgan fingerprint density at radius 1 is 0.955 bits per heavy atom. The van der Waals surface area contributed by atoms with E-state index in [1.165, 1.54) is 12.1 Å². The average molecular weight is 599 g/mol. The number of carbonyl (C=O) groups excluding carboxylic acids is 1. The highest BCUT2D eigenvalue weighted by Crippen LogP contribution is 2.67. The molecule has 7 nitrogen and oxygen atoms in total. The van der Waals surface area contributed by atoms with Crippen molar-refractivity contribution in [3.8, 4) is 16.9 Å². The van der Waals surface area contributed by atoms with Crippen LogP contribution in [0, 0.1) is 28.5 Å². The maximum absolute atomic E-state index is 13.8. The standard InChI is InChI=1S/C36H39FN2O5/c1-34-16-14-30-35(2,28(34)13-17-36(3)29(34)19-27(44-36)25-15-18-41-32(25)40)21-42-33(43-30)26-20-39(24-7-5-4-6-8-24)38-31(26)22-9-11-23(37)12-10-22/h4-12,15,20,27-30,33H,13-14,16-19,21H2,1-3H3/t27?,28-,29-,30+,33?,34+,35-,36?/m0/s1. The summed E-state index contributed by atoms with van der Waals surface area (Å²) in [5.74, 6) is 0.206. The summed E-state index contributed by atoms with van der Waals surface area (Å²) in [6, 6.07) is 16.4. The number of hydrogen-bond donors (Lipinski definition) is 0. The summed E-state index contributed by atoms with van der Waals surface area (Å²) in [4.78, 5) is 12.4. The van der Waals surface area contributed by atoms with Crippen molar-refractivity contribution in [3.05, 3.63) is 83.8 Å². The third-order valence-corrected chi connectivity index (χ3v) is 11.7. The van der Waals surface area contributed by atoms with Crippen LogP contribution in [0.15, 0.2) is 72.4 Å².